The third-order valence-electron chi connectivity index (χ3n) is 2.02. The standard InChI is InChI=1S/C11H13BrFNO2/c1-6(2)14-10(11(15)16)7-3-4-8(12)9(13)5-7/h3-6,10,14H,1-2H3,(H,15,16). The first-order valence-corrected chi connectivity index (χ1v) is 5.65. The van der Waals surface area contributed by atoms with Crippen molar-refractivity contribution in [3.05, 3.63) is 34.1 Å². The van der Waals surface area contributed by atoms with E-state index in [2.05, 4.69) is 21.2 Å². The number of nitrogens with one attached hydrogen (secondary N) is 1. The highest BCUT2D eigenvalue weighted by atomic mass is 79.9. The van der Waals surface area contributed by atoms with Gasteiger partial charge < -0.3 is 5.11 Å². The zero-order valence-corrected chi connectivity index (χ0v) is 10.6. The largest absolute Gasteiger partial charge is 0.480 e. The lowest BCUT2D eigenvalue weighted by Crippen LogP contribution is -2.33. The van der Waals surface area contributed by atoms with Crippen LogP contribution in [-0.2, 0) is 4.79 Å². The smallest absolute Gasteiger partial charge is 0.325 e. The van der Waals surface area contributed by atoms with Crippen LogP contribution in [0.4, 0.5) is 4.39 Å². The fourth-order valence-corrected chi connectivity index (χ4v) is 1.58. The molecule has 0 aliphatic rings. The van der Waals surface area contributed by atoms with Crippen LogP contribution >= 0.6 is 15.9 Å². The van der Waals surface area contributed by atoms with Crippen LogP contribution in [0.3, 0.4) is 0 Å². The van der Waals surface area contributed by atoms with E-state index in [4.69, 9.17) is 5.11 Å². The molecule has 0 fully saturated rings. The second-order valence-electron chi connectivity index (χ2n) is 3.77. The summed E-state index contributed by atoms with van der Waals surface area (Å²) in [7, 11) is 0. The molecule has 0 amide bonds. The van der Waals surface area contributed by atoms with Gasteiger partial charge in [-0.05, 0) is 47.5 Å². The molecule has 0 saturated carbocycles. The lowest BCUT2D eigenvalue weighted by Gasteiger charge is -2.17. The molecule has 1 aromatic carbocycles. The molecule has 1 atom stereocenters. The van der Waals surface area contributed by atoms with Crippen LogP contribution in [0.5, 0.6) is 0 Å². The maximum atomic E-state index is 13.3. The van der Waals surface area contributed by atoms with Crippen molar-refractivity contribution in [3.63, 3.8) is 0 Å². The number of hydrogen-bond donors (Lipinski definition) is 2. The highest BCUT2D eigenvalue weighted by Crippen LogP contribution is 2.21. The Kier molecular flexibility index (Phi) is 4.44. The summed E-state index contributed by atoms with van der Waals surface area (Å²) in [6.07, 6.45) is 0. The normalized spacial score (nSPS) is 12.8. The van der Waals surface area contributed by atoms with Crippen molar-refractivity contribution in [3.8, 4) is 0 Å². The van der Waals surface area contributed by atoms with Crippen LogP contribution in [0, 0.1) is 5.82 Å². The summed E-state index contributed by atoms with van der Waals surface area (Å²) in [6.45, 7) is 3.68. The number of carbonyl (C=O) groups is 1. The molecule has 0 heterocycles. The zero-order valence-electron chi connectivity index (χ0n) is 9.00. The van der Waals surface area contributed by atoms with Gasteiger partial charge in [0.1, 0.15) is 11.9 Å². The molecule has 88 valence electrons. The quantitative estimate of drug-likeness (QED) is 0.896. The maximum absolute atomic E-state index is 13.3. The summed E-state index contributed by atoms with van der Waals surface area (Å²) < 4.78 is 13.6. The van der Waals surface area contributed by atoms with E-state index in [1.165, 1.54) is 12.1 Å². The predicted octanol–water partition coefficient (Wildman–Crippen LogP) is 2.71. The SMILES string of the molecule is CC(C)NC(C(=O)O)c1ccc(Br)c(F)c1. The fraction of sp³-hybridized carbons (Fsp3) is 0.364. The molecule has 3 nitrogen and oxygen atoms in total. The van der Waals surface area contributed by atoms with Crippen LogP contribution in [0.25, 0.3) is 0 Å². The van der Waals surface area contributed by atoms with Crippen molar-refractivity contribution in [2.24, 2.45) is 0 Å². The van der Waals surface area contributed by atoms with Gasteiger partial charge in [-0.3, -0.25) is 10.1 Å². The Balaban J connectivity index is 3.01. The van der Waals surface area contributed by atoms with Crippen LogP contribution in [0.1, 0.15) is 25.5 Å². The number of hydrogen-bond acceptors (Lipinski definition) is 2. The molecule has 0 saturated heterocycles. The Labute approximate surface area is 102 Å². The lowest BCUT2D eigenvalue weighted by atomic mass is 10.1. The third kappa shape index (κ3) is 3.28. The molecule has 1 rings (SSSR count). The van der Waals surface area contributed by atoms with Gasteiger partial charge in [0.15, 0.2) is 0 Å². The molecule has 1 unspecified atom stereocenters. The highest BCUT2D eigenvalue weighted by molar-refractivity contribution is 9.10. The van der Waals surface area contributed by atoms with Crippen LogP contribution in [0.2, 0.25) is 0 Å². The summed E-state index contributed by atoms with van der Waals surface area (Å²) in [5.74, 6) is -1.48. The average molecular weight is 290 g/mol. The van der Waals surface area contributed by atoms with Crippen molar-refractivity contribution in [1.29, 1.82) is 0 Å². The van der Waals surface area contributed by atoms with Gasteiger partial charge >= 0.3 is 5.97 Å². The average Bonchev–Trinajstić information content (AvgIpc) is 2.18. The maximum Gasteiger partial charge on any atom is 0.325 e. The van der Waals surface area contributed by atoms with E-state index in [1.807, 2.05) is 13.8 Å². The molecule has 0 aliphatic heterocycles. The van der Waals surface area contributed by atoms with E-state index in [0.29, 0.717) is 10.0 Å². The fourth-order valence-electron chi connectivity index (χ4n) is 1.34. The van der Waals surface area contributed by atoms with Crippen LogP contribution in [0.15, 0.2) is 22.7 Å². The number of carboxylic acid groups (broad SMARTS) is 1. The minimum Gasteiger partial charge on any atom is -0.480 e. The van der Waals surface area contributed by atoms with E-state index in [1.54, 1.807) is 6.07 Å². The van der Waals surface area contributed by atoms with Gasteiger partial charge in [-0.15, -0.1) is 0 Å². The van der Waals surface area contributed by atoms with Crippen molar-refractivity contribution in [2.45, 2.75) is 25.9 Å². The number of halogens is 2. The molecule has 0 aliphatic carbocycles. The van der Waals surface area contributed by atoms with Crippen molar-refractivity contribution in [2.75, 3.05) is 0 Å². The van der Waals surface area contributed by atoms with Crippen molar-refractivity contribution < 1.29 is 14.3 Å². The first-order valence-electron chi connectivity index (χ1n) is 4.85. The molecule has 0 spiro atoms. The van der Waals surface area contributed by atoms with E-state index < -0.39 is 17.8 Å². The summed E-state index contributed by atoms with van der Waals surface area (Å²) in [4.78, 5) is 11.0. The number of aliphatic carboxylic acids is 1. The molecule has 0 radical (unpaired) electrons. The van der Waals surface area contributed by atoms with Gasteiger partial charge in [-0.2, -0.15) is 0 Å². The summed E-state index contributed by atoms with van der Waals surface area (Å²) in [5.41, 5.74) is 0.405. The Hall–Kier alpha value is -0.940. The Bertz CT molecular complexity index is 396. The third-order valence-corrected chi connectivity index (χ3v) is 2.67. The summed E-state index contributed by atoms with van der Waals surface area (Å²) >= 11 is 3.02. The zero-order chi connectivity index (χ0) is 12.3. The number of rotatable bonds is 4. The molecular weight excluding hydrogens is 277 g/mol. The van der Waals surface area contributed by atoms with E-state index >= 15 is 0 Å². The van der Waals surface area contributed by atoms with Crippen LogP contribution < -0.4 is 5.32 Å². The molecule has 2 N–H and O–H groups in total. The van der Waals surface area contributed by atoms with E-state index in [9.17, 15) is 9.18 Å². The van der Waals surface area contributed by atoms with Crippen LogP contribution in [-0.4, -0.2) is 17.1 Å². The van der Waals surface area contributed by atoms with E-state index in [0.717, 1.165) is 0 Å². The minimum atomic E-state index is -1.02. The Morgan fingerprint density at radius 1 is 1.50 bits per heavy atom. The molecule has 5 heteroatoms. The van der Waals surface area contributed by atoms with Crippen molar-refractivity contribution in [1.82, 2.24) is 5.32 Å². The molecular formula is C11H13BrFNO2. The first-order chi connectivity index (χ1) is 7.41. The monoisotopic (exact) mass is 289 g/mol. The van der Waals surface area contributed by atoms with Gasteiger partial charge in [0.2, 0.25) is 0 Å². The van der Waals surface area contributed by atoms with E-state index in [-0.39, 0.29) is 6.04 Å². The molecule has 0 bridgehead atoms. The topological polar surface area (TPSA) is 49.3 Å². The minimum absolute atomic E-state index is 0.00723. The Morgan fingerprint density at radius 3 is 2.56 bits per heavy atom. The molecule has 1 aromatic rings. The predicted molar refractivity (Wildman–Crippen MR) is 62.7 cm³/mol. The van der Waals surface area contributed by atoms with Gasteiger partial charge in [0.25, 0.3) is 0 Å². The molecule has 16 heavy (non-hydrogen) atoms. The lowest BCUT2D eigenvalue weighted by molar-refractivity contribution is -0.139. The second kappa shape index (κ2) is 5.41. The van der Waals surface area contributed by atoms with Gasteiger partial charge in [0, 0.05) is 6.04 Å². The Morgan fingerprint density at radius 2 is 2.12 bits per heavy atom. The van der Waals surface area contributed by atoms with Gasteiger partial charge in [-0.1, -0.05) is 6.07 Å². The summed E-state index contributed by atoms with van der Waals surface area (Å²) in [5, 5.41) is 11.9. The first kappa shape index (κ1) is 13.1. The van der Waals surface area contributed by atoms with Crippen molar-refractivity contribution >= 4 is 21.9 Å². The number of benzene rings is 1. The molecule has 0 aromatic heterocycles. The van der Waals surface area contributed by atoms with Gasteiger partial charge in [-0.25, -0.2) is 4.39 Å². The number of carboxylic acids is 1. The highest BCUT2D eigenvalue weighted by Gasteiger charge is 2.21. The van der Waals surface area contributed by atoms with Gasteiger partial charge in [0.05, 0.1) is 4.47 Å². The second-order valence-corrected chi connectivity index (χ2v) is 4.62. The summed E-state index contributed by atoms with van der Waals surface area (Å²) in [6, 6.07) is 3.43.